The second kappa shape index (κ2) is 6.28. The summed E-state index contributed by atoms with van der Waals surface area (Å²) < 4.78 is 0. The number of aliphatic hydroxyl groups is 1. The second-order valence-corrected chi connectivity index (χ2v) is 3.88. The van der Waals surface area contributed by atoms with Crippen LogP contribution in [0, 0.1) is 6.92 Å². The molecule has 0 heterocycles. The summed E-state index contributed by atoms with van der Waals surface area (Å²) in [4.78, 5) is 13.7. The molecule has 0 aliphatic carbocycles. The smallest absolute Gasteiger partial charge is 0.253 e. The Kier molecular flexibility index (Phi) is 4.99. The molecule has 1 rings (SSSR count). The molecule has 0 saturated carbocycles. The fourth-order valence-corrected chi connectivity index (χ4v) is 1.58. The predicted octanol–water partition coefficient (Wildman–Crippen LogP) is 1.84. The van der Waals surface area contributed by atoms with E-state index in [4.69, 9.17) is 5.11 Å². The number of aryl methyl sites for hydroxylation is 1. The van der Waals surface area contributed by atoms with Crippen LogP contribution < -0.4 is 0 Å². The van der Waals surface area contributed by atoms with Crippen LogP contribution in [0.2, 0.25) is 0 Å². The summed E-state index contributed by atoms with van der Waals surface area (Å²) >= 11 is 0. The highest BCUT2D eigenvalue weighted by molar-refractivity contribution is 5.94. The first-order valence-electron chi connectivity index (χ1n) is 5.65. The van der Waals surface area contributed by atoms with E-state index in [1.165, 1.54) is 0 Å². The highest BCUT2D eigenvalue weighted by atomic mass is 16.3. The molecule has 0 spiro atoms. The highest BCUT2D eigenvalue weighted by Gasteiger charge is 2.13. The summed E-state index contributed by atoms with van der Waals surface area (Å²) in [7, 11) is 0. The Balaban J connectivity index is 2.77. The number of hydrogen-bond donors (Lipinski definition) is 1. The van der Waals surface area contributed by atoms with Crippen molar-refractivity contribution in [2.45, 2.75) is 20.3 Å². The second-order valence-electron chi connectivity index (χ2n) is 3.88. The van der Waals surface area contributed by atoms with Crippen molar-refractivity contribution < 1.29 is 9.90 Å². The minimum atomic E-state index is -0.00380. The van der Waals surface area contributed by atoms with E-state index in [-0.39, 0.29) is 12.5 Å². The normalized spacial score (nSPS) is 10.2. The molecule has 3 nitrogen and oxygen atoms in total. The quantitative estimate of drug-likeness (QED) is 0.824. The Morgan fingerprint density at radius 3 is 2.38 bits per heavy atom. The summed E-state index contributed by atoms with van der Waals surface area (Å²) in [6.07, 6.45) is 0.900. The Hall–Kier alpha value is -1.35. The molecule has 0 radical (unpaired) electrons. The average molecular weight is 221 g/mol. The van der Waals surface area contributed by atoms with Gasteiger partial charge in [0.05, 0.1) is 6.61 Å². The monoisotopic (exact) mass is 221 g/mol. The SMILES string of the molecule is CCCN(CCO)C(=O)c1ccc(C)cc1. The largest absolute Gasteiger partial charge is 0.395 e. The summed E-state index contributed by atoms with van der Waals surface area (Å²) in [5, 5.41) is 8.91. The lowest BCUT2D eigenvalue weighted by molar-refractivity contribution is 0.0722. The third-order valence-corrected chi connectivity index (χ3v) is 2.45. The molecule has 3 heteroatoms. The van der Waals surface area contributed by atoms with E-state index in [9.17, 15) is 4.79 Å². The van der Waals surface area contributed by atoms with E-state index in [1.54, 1.807) is 4.90 Å². The van der Waals surface area contributed by atoms with Gasteiger partial charge in [-0.2, -0.15) is 0 Å². The van der Waals surface area contributed by atoms with Gasteiger partial charge in [-0.25, -0.2) is 0 Å². The van der Waals surface area contributed by atoms with E-state index >= 15 is 0 Å². The summed E-state index contributed by atoms with van der Waals surface area (Å²) in [6.45, 7) is 5.12. The Morgan fingerprint density at radius 1 is 1.25 bits per heavy atom. The van der Waals surface area contributed by atoms with Crippen LogP contribution in [0.15, 0.2) is 24.3 Å². The van der Waals surface area contributed by atoms with Gasteiger partial charge >= 0.3 is 0 Å². The molecule has 0 aliphatic heterocycles. The Labute approximate surface area is 96.7 Å². The molecule has 0 bridgehead atoms. The molecular formula is C13H19NO2. The number of amides is 1. The summed E-state index contributed by atoms with van der Waals surface area (Å²) in [5.74, 6) is -0.00380. The maximum absolute atomic E-state index is 12.1. The maximum atomic E-state index is 12.1. The number of rotatable bonds is 5. The number of aliphatic hydroxyl groups excluding tert-OH is 1. The highest BCUT2D eigenvalue weighted by Crippen LogP contribution is 2.07. The standard InChI is InChI=1S/C13H19NO2/c1-3-8-14(9-10-15)13(16)12-6-4-11(2)5-7-12/h4-7,15H,3,8-10H2,1-2H3. The molecule has 0 fully saturated rings. The zero-order chi connectivity index (χ0) is 12.0. The van der Waals surface area contributed by atoms with Crippen molar-refractivity contribution in [1.29, 1.82) is 0 Å². The first kappa shape index (κ1) is 12.7. The lowest BCUT2D eigenvalue weighted by atomic mass is 10.1. The van der Waals surface area contributed by atoms with Crippen LogP contribution in [-0.4, -0.2) is 35.6 Å². The third-order valence-electron chi connectivity index (χ3n) is 2.45. The molecule has 0 aromatic heterocycles. The van der Waals surface area contributed by atoms with Crippen LogP contribution in [0.4, 0.5) is 0 Å². The van der Waals surface area contributed by atoms with Crippen molar-refractivity contribution in [3.8, 4) is 0 Å². The molecule has 88 valence electrons. The average Bonchev–Trinajstić information content (AvgIpc) is 2.29. The van der Waals surface area contributed by atoms with Gasteiger partial charge in [0.2, 0.25) is 0 Å². The zero-order valence-electron chi connectivity index (χ0n) is 9.94. The fraction of sp³-hybridized carbons (Fsp3) is 0.462. The van der Waals surface area contributed by atoms with E-state index in [0.29, 0.717) is 18.7 Å². The lowest BCUT2D eigenvalue weighted by Gasteiger charge is -2.21. The molecule has 1 aromatic rings. The number of hydrogen-bond acceptors (Lipinski definition) is 2. The first-order chi connectivity index (χ1) is 7.69. The molecule has 0 unspecified atom stereocenters. The number of carbonyl (C=O) groups is 1. The van der Waals surface area contributed by atoms with Crippen LogP contribution in [0.1, 0.15) is 29.3 Å². The summed E-state index contributed by atoms with van der Waals surface area (Å²) in [5.41, 5.74) is 1.83. The minimum absolute atomic E-state index is 0.00380. The van der Waals surface area contributed by atoms with Gasteiger partial charge in [0, 0.05) is 18.7 Å². The van der Waals surface area contributed by atoms with Crippen molar-refractivity contribution in [1.82, 2.24) is 4.90 Å². The van der Waals surface area contributed by atoms with E-state index in [2.05, 4.69) is 0 Å². The van der Waals surface area contributed by atoms with Gasteiger partial charge in [-0.3, -0.25) is 4.79 Å². The first-order valence-corrected chi connectivity index (χ1v) is 5.65. The minimum Gasteiger partial charge on any atom is -0.395 e. The van der Waals surface area contributed by atoms with Crippen molar-refractivity contribution in [2.24, 2.45) is 0 Å². The van der Waals surface area contributed by atoms with Gasteiger partial charge in [-0.1, -0.05) is 24.6 Å². The fourth-order valence-electron chi connectivity index (χ4n) is 1.58. The van der Waals surface area contributed by atoms with Crippen molar-refractivity contribution in [2.75, 3.05) is 19.7 Å². The van der Waals surface area contributed by atoms with Crippen molar-refractivity contribution in [3.05, 3.63) is 35.4 Å². The molecule has 16 heavy (non-hydrogen) atoms. The molecule has 0 aliphatic rings. The van der Waals surface area contributed by atoms with E-state index in [0.717, 1.165) is 12.0 Å². The summed E-state index contributed by atoms with van der Waals surface area (Å²) in [6, 6.07) is 7.52. The van der Waals surface area contributed by atoms with E-state index < -0.39 is 0 Å². The van der Waals surface area contributed by atoms with Gasteiger partial charge in [-0.05, 0) is 25.5 Å². The van der Waals surface area contributed by atoms with Crippen LogP contribution in [0.25, 0.3) is 0 Å². The third kappa shape index (κ3) is 3.35. The topological polar surface area (TPSA) is 40.5 Å². The molecule has 1 amide bonds. The number of carbonyl (C=O) groups excluding carboxylic acids is 1. The van der Waals surface area contributed by atoms with Crippen LogP contribution >= 0.6 is 0 Å². The van der Waals surface area contributed by atoms with E-state index in [1.807, 2.05) is 38.1 Å². The van der Waals surface area contributed by atoms with Crippen LogP contribution in [0.3, 0.4) is 0 Å². The van der Waals surface area contributed by atoms with Gasteiger partial charge in [-0.15, -0.1) is 0 Å². The molecular weight excluding hydrogens is 202 g/mol. The maximum Gasteiger partial charge on any atom is 0.253 e. The predicted molar refractivity (Wildman–Crippen MR) is 64.5 cm³/mol. The van der Waals surface area contributed by atoms with Gasteiger partial charge in [0.25, 0.3) is 5.91 Å². The molecule has 1 aromatic carbocycles. The van der Waals surface area contributed by atoms with Gasteiger partial charge in [0.1, 0.15) is 0 Å². The Morgan fingerprint density at radius 2 is 1.88 bits per heavy atom. The van der Waals surface area contributed by atoms with Crippen LogP contribution in [-0.2, 0) is 0 Å². The zero-order valence-corrected chi connectivity index (χ0v) is 9.94. The number of nitrogens with zero attached hydrogens (tertiary/aromatic N) is 1. The van der Waals surface area contributed by atoms with Crippen molar-refractivity contribution in [3.63, 3.8) is 0 Å². The van der Waals surface area contributed by atoms with Gasteiger partial charge in [0.15, 0.2) is 0 Å². The molecule has 1 N–H and O–H groups in total. The van der Waals surface area contributed by atoms with Crippen LogP contribution in [0.5, 0.6) is 0 Å². The number of benzene rings is 1. The van der Waals surface area contributed by atoms with Gasteiger partial charge < -0.3 is 10.0 Å². The lowest BCUT2D eigenvalue weighted by Crippen LogP contribution is -2.34. The molecule has 0 atom stereocenters. The Bertz CT molecular complexity index is 326. The van der Waals surface area contributed by atoms with Crippen molar-refractivity contribution >= 4 is 5.91 Å². The molecule has 0 saturated heterocycles.